The zero-order valence-electron chi connectivity index (χ0n) is 2.48. The predicted octanol–water partition coefficient (Wildman–Crippen LogP) is -0.720. The standard InChI is InChI=1S/Ca.Eu.OS.Y/c;;1-2;. The Kier molecular flexibility index (Phi) is 113. The van der Waals surface area contributed by atoms with Crippen molar-refractivity contribution in [2.75, 3.05) is 0 Å². The molecule has 0 unspecified atom stereocenters. The topological polar surface area (TPSA) is 17.1 Å². The summed E-state index contributed by atoms with van der Waals surface area (Å²) in [6.45, 7) is 0. The van der Waals surface area contributed by atoms with E-state index >= 15 is 0 Å². The maximum atomic E-state index is 7.83. The van der Waals surface area contributed by atoms with Crippen LogP contribution in [0.4, 0.5) is 0 Å². The molecule has 0 N–H and O–H groups in total. The molecule has 0 saturated heterocycles. The Morgan fingerprint density at radius 3 is 1.20 bits per heavy atom. The van der Waals surface area contributed by atoms with Gasteiger partial charge >= 0.3 is 0 Å². The fourth-order valence-electron chi connectivity index (χ4n) is 0. The summed E-state index contributed by atoms with van der Waals surface area (Å²) in [7, 11) is 0. The van der Waals surface area contributed by atoms with E-state index in [1.807, 2.05) is 0 Å². The smallest absolute Gasteiger partial charge is 0.197 e. The molecule has 5 heteroatoms. The molecule has 5 heavy (non-hydrogen) atoms. The molecule has 0 heterocycles. The van der Waals surface area contributed by atoms with Gasteiger partial charge in [-0.15, -0.1) is 0 Å². The third-order valence-electron chi connectivity index (χ3n) is 0. The van der Waals surface area contributed by atoms with Crippen LogP contribution in [-0.2, 0) is 45.2 Å². The normalized spacial score (nSPS) is 0.800. The van der Waals surface area contributed by atoms with E-state index in [9.17, 15) is 0 Å². The van der Waals surface area contributed by atoms with Gasteiger partial charge in [-0.25, -0.2) is 0 Å². The molecule has 0 aromatic rings. The fraction of sp³-hybridized carbons (Fsp3) is 0. The van der Waals surface area contributed by atoms with Crippen LogP contribution in [0.5, 0.6) is 0 Å². The Morgan fingerprint density at radius 2 is 1.20 bits per heavy atom. The van der Waals surface area contributed by atoms with Gasteiger partial charge in [0.25, 0.3) is 0 Å². The van der Waals surface area contributed by atoms with Crippen LogP contribution in [0, 0.1) is 49.4 Å². The Balaban J connectivity index is -0.00000000167. The average molecular weight is 329 g/mol. The van der Waals surface area contributed by atoms with E-state index in [2.05, 4.69) is 12.5 Å². The average Bonchev–Trinajstić information content (AvgIpc) is 1.00. The first kappa shape index (κ1) is 23.1. The molecular formula is CaEuOSY. The molecule has 0 bridgehead atoms. The molecule has 0 spiro atoms. The van der Waals surface area contributed by atoms with Crippen LogP contribution in [0.3, 0.4) is 0 Å². The van der Waals surface area contributed by atoms with Gasteiger partial charge in [-0.2, -0.15) is 4.21 Å². The molecule has 0 amide bonds. The van der Waals surface area contributed by atoms with E-state index in [0.29, 0.717) is 0 Å². The molecule has 0 aromatic carbocycles. The second kappa shape index (κ2) is 24.6. The van der Waals surface area contributed by atoms with Gasteiger partial charge in [0, 0.05) is 120 Å². The second-order valence-corrected chi connectivity index (χ2v) is 0. The Morgan fingerprint density at radius 1 is 1.20 bits per heavy atom. The summed E-state index contributed by atoms with van der Waals surface area (Å²) in [4.78, 5) is 0. The monoisotopic (exact) mass is 330 g/mol. The van der Waals surface area contributed by atoms with Crippen LogP contribution in [0.25, 0.3) is 0 Å². The van der Waals surface area contributed by atoms with Crippen molar-refractivity contribution in [1.82, 2.24) is 0 Å². The molecule has 0 fully saturated rings. The van der Waals surface area contributed by atoms with Crippen molar-refractivity contribution in [2.24, 2.45) is 0 Å². The molecular weight excluding hydrogens is 329 g/mol. The van der Waals surface area contributed by atoms with Gasteiger partial charge in [0.15, 0.2) is 12.5 Å². The quantitative estimate of drug-likeness (QED) is 0.546. The van der Waals surface area contributed by atoms with E-state index in [4.69, 9.17) is 4.21 Å². The summed E-state index contributed by atoms with van der Waals surface area (Å²) in [5, 5.41) is 0. The summed E-state index contributed by atoms with van der Waals surface area (Å²) in [6, 6.07) is 0. The van der Waals surface area contributed by atoms with Crippen molar-refractivity contribution < 1.29 is 86.3 Å². The first-order chi connectivity index (χ1) is 1.00. The fourth-order valence-corrected chi connectivity index (χ4v) is 0. The number of hydrogen-bond donors (Lipinski definition) is 0. The van der Waals surface area contributed by atoms with E-state index in [1.54, 1.807) is 0 Å². The van der Waals surface area contributed by atoms with Gasteiger partial charge in [-0.3, -0.25) is 0 Å². The maximum Gasteiger partial charge on any atom is 0.197 e. The maximum absolute atomic E-state index is 7.83. The zero-order chi connectivity index (χ0) is 2.00. The Hall–Kier alpha value is 3.97. The van der Waals surface area contributed by atoms with Gasteiger partial charge in [0.05, 0.1) is 0 Å². The minimum absolute atomic E-state index is 0. The van der Waals surface area contributed by atoms with Crippen LogP contribution in [0.2, 0.25) is 0 Å². The molecule has 0 aliphatic rings. The molecule has 1 nitrogen and oxygen atoms in total. The van der Waals surface area contributed by atoms with Crippen LogP contribution >= 0.6 is 0 Å². The van der Waals surface area contributed by atoms with Crippen LogP contribution in [0.1, 0.15) is 0 Å². The van der Waals surface area contributed by atoms with E-state index in [1.165, 1.54) is 0 Å². The third kappa shape index (κ3) is 18.0. The summed E-state index contributed by atoms with van der Waals surface area (Å²) in [5.74, 6) is 0. The van der Waals surface area contributed by atoms with Crippen LogP contribution < -0.4 is 0 Å². The predicted molar refractivity (Wildman–Crippen MR) is 13.9 cm³/mol. The van der Waals surface area contributed by atoms with Gasteiger partial charge in [0.1, 0.15) is 0 Å². The minimum Gasteiger partial charge on any atom is -0.197 e. The summed E-state index contributed by atoms with van der Waals surface area (Å²) in [6.07, 6.45) is 0. The molecule has 0 aliphatic carbocycles. The summed E-state index contributed by atoms with van der Waals surface area (Å²) >= 11 is 2.83. The van der Waals surface area contributed by atoms with Crippen molar-refractivity contribution in [1.29, 1.82) is 0 Å². The van der Waals surface area contributed by atoms with E-state index in [-0.39, 0.29) is 120 Å². The third-order valence-corrected chi connectivity index (χ3v) is 0. The van der Waals surface area contributed by atoms with Gasteiger partial charge in [-0.05, 0) is 0 Å². The molecule has 0 atom stereocenters. The SMILES string of the molecule is O=S.[Ca].[Eu].[Y]. The zero-order valence-corrected chi connectivity index (χ0v) is 10.8. The second-order valence-electron chi connectivity index (χ2n) is 0. The number of rotatable bonds is 0. The molecule has 4 radical (unpaired) electrons. The van der Waals surface area contributed by atoms with Crippen molar-refractivity contribution >= 4 is 50.3 Å². The molecule has 0 saturated carbocycles. The molecule has 0 aliphatic heterocycles. The Labute approximate surface area is 132 Å². The summed E-state index contributed by atoms with van der Waals surface area (Å²) < 4.78 is 7.83. The van der Waals surface area contributed by atoms with Crippen molar-refractivity contribution in [3.8, 4) is 0 Å². The van der Waals surface area contributed by atoms with Gasteiger partial charge in [-0.1, -0.05) is 0 Å². The molecule has 0 rings (SSSR count). The Bertz CT molecular complexity index is 11.6. The van der Waals surface area contributed by atoms with E-state index in [0.717, 1.165) is 0 Å². The van der Waals surface area contributed by atoms with Crippen molar-refractivity contribution in [3.05, 3.63) is 0 Å². The van der Waals surface area contributed by atoms with Crippen molar-refractivity contribution in [3.63, 3.8) is 0 Å². The first-order valence-corrected chi connectivity index (χ1v) is 0.500. The van der Waals surface area contributed by atoms with E-state index < -0.39 is 0 Å². The largest absolute Gasteiger partial charge is 0.197 e. The number of hydrogen-bond acceptors (Lipinski definition) is 2. The minimum atomic E-state index is 0. The summed E-state index contributed by atoms with van der Waals surface area (Å²) in [5.41, 5.74) is 0. The van der Waals surface area contributed by atoms with Gasteiger partial charge in [0.2, 0.25) is 0 Å². The van der Waals surface area contributed by atoms with Crippen LogP contribution in [-0.4, -0.2) is 41.9 Å². The van der Waals surface area contributed by atoms with Crippen molar-refractivity contribution in [2.45, 2.75) is 0 Å². The molecule has 0 aromatic heterocycles. The van der Waals surface area contributed by atoms with Gasteiger partial charge < -0.3 is 0 Å². The first-order valence-electron chi connectivity index (χ1n) is 0.167. The van der Waals surface area contributed by atoms with Crippen LogP contribution in [0.15, 0.2) is 0 Å². The molecule has 24 valence electrons.